The molecule has 0 spiro atoms. The highest BCUT2D eigenvalue weighted by Crippen LogP contribution is 2.20. The topological polar surface area (TPSA) is 62.7 Å². The molecule has 0 fully saturated rings. The van der Waals surface area contributed by atoms with Crippen LogP contribution >= 0.6 is 0 Å². The lowest BCUT2D eigenvalue weighted by atomic mass is 10.3. The van der Waals surface area contributed by atoms with Crippen molar-refractivity contribution < 1.29 is 0 Å². The molecule has 0 aliphatic heterocycles. The molecule has 0 atom stereocenters. The Morgan fingerprint density at radius 2 is 1.57 bits per heavy atom. The van der Waals surface area contributed by atoms with Crippen molar-refractivity contribution in [3.8, 4) is 0 Å². The summed E-state index contributed by atoms with van der Waals surface area (Å²) in [5, 5.41) is 6.45. The predicted octanol–water partition coefficient (Wildman–Crippen LogP) is 3.67. The Hall–Kier alpha value is -2.95. The first-order chi connectivity index (χ1) is 10.3. The standard InChI is InChI=1S/C16H15N5/c1-12-11-18-16(20-14-7-9-17-10-8-14)21-15(12)19-13-5-3-2-4-6-13/h2-11H,1H3,(H2,17,18,19,20,21). The Morgan fingerprint density at radius 3 is 2.33 bits per heavy atom. The molecular weight excluding hydrogens is 262 g/mol. The second-order valence-electron chi connectivity index (χ2n) is 4.58. The predicted molar refractivity (Wildman–Crippen MR) is 84.0 cm³/mol. The van der Waals surface area contributed by atoms with E-state index in [1.54, 1.807) is 18.6 Å². The summed E-state index contributed by atoms with van der Waals surface area (Å²) >= 11 is 0. The van der Waals surface area contributed by atoms with Gasteiger partial charge in [-0.1, -0.05) is 18.2 Å². The molecule has 1 aromatic carbocycles. The van der Waals surface area contributed by atoms with Crippen LogP contribution in [0.25, 0.3) is 0 Å². The summed E-state index contributed by atoms with van der Waals surface area (Å²) in [5.41, 5.74) is 2.88. The van der Waals surface area contributed by atoms with Gasteiger partial charge >= 0.3 is 0 Å². The third-order valence-electron chi connectivity index (χ3n) is 2.94. The van der Waals surface area contributed by atoms with Gasteiger partial charge in [-0.3, -0.25) is 4.98 Å². The summed E-state index contributed by atoms with van der Waals surface area (Å²) in [6.45, 7) is 1.97. The zero-order valence-corrected chi connectivity index (χ0v) is 11.6. The van der Waals surface area contributed by atoms with E-state index in [0.717, 1.165) is 22.8 Å². The second-order valence-corrected chi connectivity index (χ2v) is 4.58. The van der Waals surface area contributed by atoms with E-state index in [0.29, 0.717) is 5.95 Å². The SMILES string of the molecule is Cc1cnc(Nc2ccncc2)nc1Nc1ccccc1. The van der Waals surface area contributed by atoms with Crippen LogP contribution in [-0.4, -0.2) is 15.0 Å². The number of nitrogens with zero attached hydrogens (tertiary/aromatic N) is 3. The monoisotopic (exact) mass is 277 g/mol. The fourth-order valence-corrected chi connectivity index (χ4v) is 1.85. The Kier molecular flexibility index (Phi) is 3.73. The highest BCUT2D eigenvalue weighted by Gasteiger charge is 2.04. The zero-order chi connectivity index (χ0) is 14.5. The van der Waals surface area contributed by atoms with E-state index in [9.17, 15) is 0 Å². The Balaban J connectivity index is 1.83. The number of aryl methyl sites for hydroxylation is 1. The lowest BCUT2D eigenvalue weighted by molar-refractivity contribution is 1.13. The quantitative estimate of drug-likeness (QED) is 0.762. The van der Waals surface area contributed by atoms with Crippen LogP contribution in [0.1, 0.15) is 5.56 Å². The molecule has 0 amide bonds. The van der Waals surface area contributed by atoms with Gasteiger partial charge in [0.25, 0.3) is 0 Å². The van der Waals surface area contributed by atoms with Gasteiger partial charge < -0.3 is 10.6 Å². The number of para-hydroxylation sites is 1. The maximum Gasteiger partial charge on any atom is 0.229 e. The van der Waals surface area contributed by atoms with Crippen LogP contribution in [0.4, 0.5) is 23.1 Å². The Morgan fingerprint density at radius 1 is 0.857 bits per heavy atom. The molecule has 0 saturated carbocycles. The van der Waals surface area contributed by atoms with E-state index in [1.807, 2.05) is 49.4 Å². The third kappa shape index (κ3) is 3.33. The normalized spacial score (nSPS) is 10.1. The molecule has 0 aliphatic rings. The molecule has 21 heavy (non-hydrogen) atoms. The van der Waals surface area contributed by atoms with Crippen LogP contribution in [0.2, 0.25) is 0 Å². The summed E-state index contributed by atoms with van der Waals surface area (Å²) < 4.78 is 0. The van der Waals surface area contributed by atoms with Gasteiger partial charge in [-0.2, -0.15) is 4.98 Å². The number of hydrogen-bond acceptors (Lipinski definition) is 5. The van der Waals surface area contributed by atoms with Crippen molar-refractivity contribution in [1.29, 1.82) is 0 Å². The van der Waals surface area contributed by atoms with Gasteiger partial charge in [0.1, 0.15) is 5.82 Å². The van der Waals surface area contributed by atoms with Gasteiger partial charge in [0.2, 0.25) is 5.95 Å². The van der Waals surface area contributed by atoms with Gasteiger partial charge in [0.05, 0.1) is 0 Å². The largest absolute Gasteiger partial charge is 0.340 e. The van der Waals surface area contributed by atoms with E-state index in [-0.39, 0.29) is 0 Å². The third-order valence-corrected chi connectivity index (χ3v) is 2.94. The number of anilines is 4. The molecule has 5 heteroatoms. The minimum absolute atomic E-state index is 0.547. The van der Waals surface area contributed by atoms with Crippen LogP contribution in [0.15, 0.2) is 61.1 Å². The Labute approximate surface area is 123 Å². The lowest BCUT2D eigenvalue weighted by Crippen LogP contribution is -2.02. The average Bonchev–Trinajstić information content (AvgIpc) is 2.53. The fraction of sp³-hybridized carbons (Fsp3) is 0.0625. The number of rotatable bonds is 4. The van der Waals surface area contributed by atoms with Crippen LogP contribution in [0, 0.1) is 6.92 Å². The second kappa shape index (κ2) is 6.00. The van der Waals surface area contributed by atoms with E-state index in [1.165, 1.54) is 0 Å². The molecule has 5 nitrogen and oxygen atoms in total. The average molecular weight is 277 g/mol. The number of hydrogen-bond donors (Lipinski definition) is 2. The highest BCUT2D eigenvalue weighted by molar-refractivity contribution is 5.61. The molecule has 0 saturated heterocycles. The molecule has 0 bridgehead atoms. The number of benzene rings is 1. The van der Waals surface area contributed by atoms with Gasteiger partial charge in [0.15, 0.2) is 0 Å². The van der Waals surface area contributed by atoms with E-state index >= 15 is 0 Å². The summed E-state index contributed by atoms with van der Waals surface area (Å²) in [4.78, 5) is 12.8. The number of pyridine rings is 1. The van der Waals surface area contributed by atoms with Crippen molar-refractivity contribution >= 4 is 23.1 Å². The molecular formula is C16H15N5. The lowest BCUT2D eigenvalue weighted by Gasteiger charge is -2.10. The molecule has 2 heterocycles. The molecule has 104 valence electrons. The van der Waals surface area contributed by atoms with Crippen molar-refractivity contribution in [3.63, 3.8) is 0 Å². The van der Waals surface area contributed by atoms with Crippen molar-refractivity contribution in [2.45, 2.75) is 6.92 Å². The summed E-state index contributed by atoms with van der Waals surface area (Å²) in [5.74, 6) is 1.33. The minimum Gasteiger partial charge on any atom is -0.340 e. The van der Waals surface area contributed by atoms with Crippen LogP contribution < -0.4 is 10.6 Å². The zero-order valence-electron chi connectivity index (χ0n) is 11.6. The van der Waals surface area contributed by atoms with E-state index in [2.05, 4.69) is 25.6 Å². The molecule has 2 N–H and O–H groups in total. The van der Waals surface area contributed by atoms with Gasteiger partial charge in [-0.05, 0) is 31.2 Å². The molecule has 0 aliphatic carbocycles. The minimum atomic E-state index is 0.547. The molecule has 0 unspecified atom stereocenters. The van der Waals surface area contributed by atoms with Crippen molar-refractivity contribution in [2.24, 2.45) is 0 Å². The number of nitrogens with one attached hydrogen (secondary N) is 2. The van der Waals surface area contributed by atoms with Crippen LogP contribution in [0.5, 0.6) is 0 Å². The first-order valence-corrected chi connectivity index (χ1v) is 6.64. The van der Waals surface area contributed by atoms with Crippen molar-refractivity contribution in [1.82, 2.24) is 15.0 Å². The molecule has 0 radical (unpaired) electrons. The number of aromatic nitrogens is 3. The Bertz CT molecular complexity index is 713. The first-order valence-electron chi connectivity index (χ1n) is 6.64. The van der Waals surface area contributed by atoms with Crippen molar-refractivity contribution in [2.75, 3.05) is 10.6 Å². The fourth-order valence-electron chi connectivity index (χ4n) is 1.85. The maximum absolute atomic E-state index is 4.51. The summed E-state index contributed by atoms with van der Waals surface area (Å²) in [7, 11) is 0. The maximum atomic E-state index is 4.51. The van der Waals surface area contributed by atoms with Crippen molar-refractivity contribution in [3.05, 3.63) is 66.6 Å². The van der Waals surface area contributed by atoms with Crippen LogP contribution in [0.3, 0.4) is 0 Å². The summed E-state index contributed by atoms with van der Waals surface area (Å²) in [6, 6.07) is 13.7. The van der Waals surface area contributed by atoms with Crippen LogP contribution in [-0.2, 0) is 0 Å². The molecule has 3 aromatic rings. The molecule has 2 aromatic heterocycles. The molecule has 3 rings (SSSR count). The van der Waals surface area contributed by atoms with E-state index in [4.69, 9.17) is 0 Å². The van der Waals surface area contributed by atoms with Gasteiger partial charge in [-0.15, -0.1) is 0 Å². The van der Waals surface area contributed by atoms with E-state index < -0.39 is 0 Å². The highest BCUT2D eigenvalue weighted by atomic mass is 15.1. The summed E-state index contributed by atoms with van der Waals surface area (Å²) in [6.07, 6.45) is 5.24. The first kappa shape index (κ1) is 13.1. The van der Waals surface area contributed by atoms with Gasteiger partial charge in [0, 0.05) is 35.5 Å². The van der Waals surface area contributed by atoms with Gasteiger partial charge in [-0.25, -0.2) is 4.98 Å². The smallest absolute Gasteiger partial charge is 0.229 e.